The first kappa shape index (κ1) is 20.1. The highest BCUT2D eigenvalue weighted by Gasteiger charge is 2.31. The molecule has 0 bridgehead atoms. The Bertz CT molecular complexity index is 1260. The number of aryl methyl sites for hydroxylation is 1. The second-order valence-electron chi connectivity index (χ2n) is 8.33. The third-order valence-electron chi connectivity index (χ3n) is 6.07. The largest absolute Gasteiger partial charge is 0.459 e. The Labute approximate surface area is 186 Å². The van der Waals surface area contributed by atoms with E-state index in [4.69, 9.17) is 4.42 Å². The molecule has 0 saturated carbocycles. The van der Waals surface area contributed by atoms with Gasteiger partial charge >= 0.3 is 0 Å². The molecule has 0 radical (unpaired) electrons. The Morgan fingerprint density at radius 3 is 2.75 bits per heavy atom. The van der Waals surface area contributed by atoms with Crippen LogP contribution in [-0.4, -0.2) is 34.3 Å². The highest BCUT2D eigenvalue weighted by Crippen LogP contribution is 2.29. The smallest absolute Gasteiger partial charge is 0.287 e. The molecule has 0 fully saturated rings. The van der Waals surface area contributed by atoms with Crippen LogP contribution in [0.3, 0.4) is 0 Å². The summed E-state index contributed by atoms with van der Waals surface area (Å²) in [6.07, 6.45) is 2.63. The number of nitrogens with zero attached hydrogens (tertiary/aromatic N) is 1. The molecule has 6 nitrogen and oxygen atoms in total. The van der Waals surface area contributed by atoms with E-state index in [1.54, 1.807) is 12.1 Å². The van der Waals surface area contributed by atoms with Crippen molar-refractivity contribution in [3.8, 4) is 0 Å². The number of furan rings is 1. The summed E-state index contributed by atoms with van der Waals surface area (Å²) >= 11 is 0. The first-order valence-corrected chi connectivity index (χ1v) is 10.9. The summed E-state index contributed by atoms with van der Waals surface area (Å²) in [5.74, 6) is -0.269. The second kappa shape index (κ2) is 8.38. The zero-order valence-corrected chi connectivity index (χ0v) is 17.9. The maximum atomic E-state index is 13.6. The Morgan fingerprint density at radius 1 is 1.12 bits per heavy atom. The van der Waals surface area contributed by atoms with E-state index in [-0.39, 0.29) is 17.6 Å². The van der Waals surface area contributed by atoms with Crippen molar-refractivity contribution in [2.45, 2.75) is 32.4 Å². The first-order chi connectivity index (χ1) is 15.6. The molecule has 2 aromatic carbocycles. The molecule has 2 aromatic heterocycles. The molecule has 0 saturated heterocycles. The van der Waals surface area contributed by atoms with Gasteiger partial charge in [0.15, 0.2) is 5.76 Å². The van der Waals surface area contributed by atoms with Crippen LogP contribution in [0.15, 0.2) is 71.3 Å². The van der Waals surface area contributed by atoms with Gasteiger partial charge in [0.2, 0.25) is 5.91 Å². The fraction of sp³-hybridized carbons (Fsp3) is 0.231. The van der Waals surface area contributed by atoms with Gasteiger partial charge in [-0.3, -0.25) is 9.59 Å². The number of H-pyrrole nitrogens is 1. The molecule has 1 aliphatic heterocycles. The number of carbonyl (C=O) groups excluding carboxylic acids is 2. The third kappa shape index (κ3) is 3.91. The number of hydrogen-bond donors (Lipinski definition) is 2. The Kier molecular flexibility index (Phi) is 5.27. The molecule has 4 aromatic rings. The third-order valence-corrected chi connectivity index (χ3v) is 6.07. The van der Waals surface area contributed by atoms with Crippen LogP contribution in [0.2, 0.25) is 0 Å². The highest BCUT2D eigenvalue weighted by molar-refractivity contribution is 5.96. The monoisotopic (exact) mass is 427 g/mol. The lowest BCUT2D eigenvalue weighted by Crippen LogP contribution is -2.50. The molecular weight excluding hydrogens is 402 g/mol. The SMILES string of the molecule is Cc1ccc2[nH]c3c(c2c1)CN(C(=O)C(Cc1ccccc1)NC(=O)c1ccco1)CC3. The van der Waals surface area contributed by atoms with Crippen molar-refractivity contribution in [1.82, 2.24) is 15.2 Å². The predicted molar refractivity (Wildman–Crippen MR) is 122 cm³/mol. The summed E-state index contributed by atoms with van der Waals surface area (Å²) in [4.78, 5) is 31.7. The van der Waals surface area contributed by atoms with Crippen molar-refractivity contribution >= 4 is 22.7 Å². The van der Waals surface area contributed by atoms with Crippen LogP contribution >= 0.6 is 0 Å². The lowest BCUT2D eigenvalue weighted by atomic mass is 10.0. The predicted octanol–water partition coefficient (Wildman–Crippen LogP) is 4.00. The lowest BCUT2D eigenvalue weighted by Gasteiger charge is -2.31. The number of rotatable bonds is 5. The number of benzene rings is 2. The van der Waals surface area contributed by atoms with Gasteiger partial charge in [-0.2, -0.15) is 0 Å². The van der Waals surface area contributed by atoms with Gasteiger partial charge in [-0.05, 0) is 36.8 Å². The van der Waals surface area contributed by atoms with Crippen molar-refractivity contribution in [3.05, 3.63) is 95.1 Å². The van der Waals surface area contributed by atoms with Crippen LogP contribution in [0.5, 0.6) is 0 Å². The van der Waals surface area contributed by atoms with Crippen molar-refractivity contribution in [2.24, 2.45) is 0 Å². The highest BCUT2D eigenvalue weighted by atomic mass is 16.3. The molecule has 1 atom stereocenters. The van der Waals surface area contributed by atoms with Crippen LogP contribution < -0.4 is 5.32 Å². The molecule has 32 heavy (non-hydrogen) atoms. The first-order valence-electron chi connectivity index (χ1n) is 10.9. The van der Waals surface area contributed by atoms with Crippen LogP contribution in [0.4, 0.5) is 0 Å². The standard InChI is InChI=1S/C26H25N3O3/c1-17-9-10-21-19(14-17)20-16-29(12-11-22(20)27-21)26(31)23(15-18-6-3-2-4-7-18)28-25(30)24-8-5-13-32-24/h2-10,13-14,23,27H,11-12,15-16H2,1H3,(H,28,30). The van der Waals surface area contributed by atoms with Crippen LogP contribution in [0.25, 0.3) is 10.9 Å². The van der Waals surface area contributed by atoms with E-state index >= 15 is 0 Å². The number of fused-ring (bicyclic) bond motifs is 3. The van der Waals surface area contributed by atoms with Gasteiger partial charge in [0.1, 0.15) is 6.04 Å². The maximum absolute atomic E-state index is 13.6. The molecule has 6 heteroatoms. The van der Waals surface area contributed by atoms with E-state index in [0.717, 1.165) is 22.9 Å². The molecule has 5 rings (SSSR count). The average Bonchev–Trinajstić information content (AvgIpc) is 3.47. The molecule has 2 amide bonds. The Balaban J connectivity index is 1.41. The van der Waals surface area contributed by atoms with Gasteiger partial charge in [0, 0.05) is 48.1 Å². The fourth-order valence-electron chi connectivity index (χ4n) is 4.42. The minimum absolute atomic E-state index is 0.0820. The maximum Gasteiger partial charge on any atom is 0.287 e. The Hall–Kier alpha value is -3.80. The number of amides is 2. The number of nitrogens with one attached hydrogen (secondary N) is 2. The number of hydrogen-bond acceptors (Lipinski definition) is 3. The number of aromatic amines is 1. The summed E-state index contributed by atoms with van der Waals surface area (Å²) in [5.41, 5.74) is 5.64. The normalized spacial score (nSPS) is 14.2. The van der Waals surface area contributed by atoms with E-state index in [1.807, 2.05) is 35.2 Å². The molecule has 0 spiro atoms. The second-order valence-corrected chi connectivity index (χ2v) is 8.33. The summed E-state index contributed by atoms with van der Waals surface area (Å²) in [7, 11) is 0. The molecule has 1 aliphatic rings. The van der Waals surface area contributed by atoms with Crippen LogP contribution in [0, 0.1) is 6.92 Å². The average molecular weight is 428 g/mol. The van der Waals surface area contributed by atoms with E-state index in [9.17, 15) is 9.59 Å². The van der Waals surface area contributed by atoms with Gasteiger partial charge < -0.3 is 19.6 Å². The van der Waals surface area contributed by atoms with E-state index in [0.29, 0.717) is 19.5 Å². The van der Waals surface area contributed by atoms with Gasteiger partial charge in [-0.1, -0.05) is 42.0 Å². The molecule has 162 valence electrons. The zero-order chi connectivity index (χ0) is 22.1. The topological polar surface area (TPSA) is 78.3 Å². The van der Waals surface area contributed by atoms with Crippen molar-refractivity contribution in [2.75, 3.05) is 6.54 Å². The van der Waals surface area contributed by atoms with E-state index in [2.05, 4.69) is 35.4 Å². The molecule has 2 N–H and O–H groups in total. The summed E-state index contributed by atoms with van der Waals surface area (Å²) < 4.78 is 5.23. The number of aromatic nitrogens is 1. The van der Waals surface area contributed by atoms with Gasteiger partial charge in [-0.25, -0.2) is 0 Å². The minimum Gasteiger partial charge on any atom is -0.459 e. The van der Waals surface area contributed by atoms with Gasteiger partial charge in [0.05, 0.1) is 6.26 Å². The fourth-order valence-corrected chi connectivity index (χ4v) is 4.42. The quantitative estimate of drug-likeness (QED) is 0.505. The summed E-state index contributed by atoms with van der Waals surface area (Å²) in [5, 5.41) is 4.06. The molecule has 1 unspecified atom stereocenters. The van der Waals surface area contributed by atoms with Crippen molar-refractivity contribution in [3.63, 3.8) is 0 Å². The lowest BCUT2D eigenvalue weighted by molar-refractivity contribution is -0.134. The molecule has 0 aliphatic carbocycles. The summed E-state index contributed by atoms with van der Waals surface area (Å²) in [6, 6.07) is 18.7. The molecular formula is C26H25N3O3. The van der Waals surface area contributed by atoms with Gasteiger partial charge in [-0.15, -0.1) is 0 Å². The van der Waals surface area contributed by atoms with E-state index in [1.165, 1.54) is 23.1 Å². The summed E-state index contributed by atoms with van der Waals surface area (Å²) in [6.45, 7) is 3.21. The van der Waals surface area contributed by atoms with Crippen molar-refractivity contribution < 1.29 is 14.0 Å². The van der Waals surface area contributed by atoms with Gasteiger partial charge in [0.25, 0.3) is 5.91 Å². The zero-order valence-electron chi connectivity index (χ0n) is 17.9. The molecule has 3 heterocycles. The van der Waals surface area contributed by atoms with E-state index < -0.39 is 6.04 Å². The van der Waals surface area contributed by atoms with Crippen LogP contribution in [0.1, 0.15) is 32.9 Å². The minimum atomic E-state index is -0.677. The van der Waals surface area contributed by atoms with Crippen LogP contribution in [-0.2, 0) is 24.2 Å². The number of carbonyl (C=O) groups is 2. The Morgan fingerprint density at radius 2 is 1.97 bits per heavy atom. The van der Waals surface area contributed by atoms with Crippen molar-refractivity contribution in [1.29, 1.82) is 0 Å².